The largest absolute Gasteiger partial charge is 0.389 e. The zero-order valence-corrected chi connectivity index (χ0v) is 7.51. The van der Waals surface area contributed by atoms with Crippen molar-refractivity contribution in [3.05, 3.63) is 0 Å². The predicted octanol–water partition coefficient (Wildman–Crippen LogP) is 1.13. The number of rotatable bonds is 1. The van der Waals surface area contributed by atoms with Gasteiger partial charge in [0.05, 0.1) is 5.60 Å². The first-order valence-corrected chi connectivity index (χ1v) is 4.48. The molecule has 0 radical (unpaired) electrons. The van der Waals surface area contributed by atoms with Gasteiger partial charge in [0.15, 0.2) is 0 Å². The SMILES string of the molecule is CC1CC(C)CC(O)(CN)C1. The monoisotopic (exact) mass is 157 g/mol. The van der Waals surface area contributed by atoms with Gasteiger partial charge in [0.2, 0.25) is 0 Å². The van der Waals surface area contributed by atoms with Gasteiger partial charge in [-0.05, 0) is 31.1 Å². The van der Waals surface area contributed by atoms with Crippen LogP contribution in [0, 0.1) is 11.8 Å². The minimum atomic E-state index is -0.558. The van der Waals surface area contributed by atoms with Crippen LogP contribution in [0.25, 0.3) is 0 Å². The molecule has 0 aliphatic heterocycles. The number of nitrogens with two attached hydrogens (primary N) is 1. The average Bonchev–Trinajstić information content (AvgIpc) is 1.84. The van der Waals surface area contributed by atoms with Crippen molar-refractivity contribution < 1.29 is 5.11 Å². The highest BCUT2D eigenvalue weighted by atomic mass is 16.3. The van der Waals surface area contributed by atoms with E-state index in [1.807, 2.05) is 0 Å². The molecule has 2 unspecified atom stereocenters. The molecule has 2 nitrogen and oxygen atoms in total. The van der Waals surface area contributed by atoms with Crippen LogP contribution in [0.2, 0.25) is 0 Å². The third-order valence-corrected chi connectivity index (χ3v) is 2.64. The maximum absolute atomic E-state index is 9.90. The molecule has 0 saturated heterocycles. The normalized spacial score (nSPS) is 45.8. The van der Waals surface area contributed by atoms with Gasteiger partial charge in [-0.2, -0.15) is 0 Å². The maximum Gasteiger partial charge on any atom is 0.0774 e. The lowest BCUT2D eigenvalue weighted by atomic mass is 9.74. The van der Waals surface area contributed by atoms with Crippen LogP contribution in [0.5, 0.6) is 0 Å². The molecule has 2 heteroatoms. The van der Waals surface area contributed by atoms with Crippen LogP contribution in [0.15, 0.2) is 0 Å². The van der Waals surface area contributed by atoms with Crippen molar-refractivity contribution in [2.45, 2.75) is 38.7 Å². The van der Waals surface area contributed by atoms with E-state index in [9.17, 15) is 5.11 Å². The molecule has 1 aliphatic carbocycles. The fraction of sp³-hybridized carbons (Fsp3) is 1.00. The molecule has 1 saturated carbocycles. The first-order valence-electron chi connectivity index (χ1n) is 4.48. The van der Waals surface area contributed by atoms with Gasteiger partial charge in [-0.3, -0.25) is 0 Å². The van der Waals surface area contributed by atoms with Crippen LogP contribution in [0.1, 0.15) is 33.1 Å². The van der Waals surface area contributed by atoms with E-state index in [1.54, 1.807) is 0 Å². The van der Waals surface area contributed by atoms with Gasteiger partial charge >= 0.3 is 0 Å². The molecule has 66 valence electrons. The van der Waals surface area contributed by atoms with Gasteiger partial charge in [-0.15, -0.1) is 0 Å². The Bertz CT molecular complexity index is 126. The lowest BCUT2D eigenvalue weighted by Gasteiger charge is -2.38. The molecule has 3 N–H and O–H groups in total. The quantitative estimate of drug-likeness (QED) is 0.599. The number of hydrogen-bond acceptors (Lipinski definition) is 2. The Balaban J connectivity index is 2.55. The Morgan fingerprint density at radius 1 is 1.36 bits per heavy atom. The Kier molecular flexibility index (Phi) is 2.55. The van der Waals surface area contributed by atoms with Crippen molar-refractivity contribution >= 4 is 0 Å². The molecule has 0 heterocycles. The lowest BCUT2D eigenvalue weighted by molar-refractivity contribution is -0.0230. The van der Waals surface area contributed by atoms with Crippen molar-refractivity contribution in [2.24, 2.45) is 17.6 Å². The number of hydrogen-bond donors (Lipinski definition) is 2. The summed E-state index contributed by atoms with van der Waals surface area (Å²) in [6, 6.07) is 0. The molecular formula is C9H19NO. The van der Waals surface area contributed by atoms with E-state index in [1.165, 1.54) is 6.42 Å². The van der Waals surface area contributed by atoms with Crippen molar-refractivity contribution in [1.82, 2.24) is 0 Å². The molecule has 0 aromatic carbocycles. The Morgan fingerprint density at radius 2 is 1.82 bits per heavy atom. The van der Waals surface area contributed by atoms with Crippen molar-refractivity contribution in [3.63, 3.8) is 0 Å². The average molecular weight is 157 g/mol. The van der Waals surface area contributed by atoms with E-state index in [-0.39, 0.29) is 0 Å². The Morgan fingerprint density at radius 3 is 2.18 bits per heavy atom. The second-order valence-electron chi connectivity index (χ2n) is 4.28. The minimum Gasteiger partial charge on any atom is -0.389 e. The molecule has 0 aromatic heterocycles. The van der Waals surface area contributed by atoms with Gasteiger partial charge in [0, 0.05) is 6.54 Å². The summed E-state index contributed by atoms with van der Waals surface area (Å²) < 4.78 is 0. The van der Waals surface area contributed by atoms with Crippen LogP contribution in [-0.4, -0.2) is 17.3 Å². The molecule has 1 fully saturated rings. The molecule has 0 amide bonds. The Labute approximate surface area is 68.8 Å². The second kappa shape index (κ2) is 3.11. The fourth-order valence-corrected chi connectivity index (χ4v) is 2.40. The molecule has 0 bridgehead atoms. The van der Waals surface area contributed by atoms with Gasteiger partial charge in [0.1, 0.15) is 0 Å². The van der Waals surface area contributed by atoms with E-state index in [0.29, 0.717) is 18.4 Å². The third kappa shape index (κ3) is 2.17. The van der Waals surface area contributed by atoms with E-state index in [2.05, 4.69) is 13.8 Å². The smallest absolute Gasteiger partial charge is 0.0774 e. The zero-order valence-electron chi connectivity index (χ0n) is 7.51. The molecule has 11 heavy (non-hydrogen) atoms. The van der Waals surface area contributed by atoms with E-state index in [4.69, 9.17) is 5.73 Å². The first kappa shape index (κ1) is 9.01. The van der Waals surface area contributed by atoms with Crippen LogP contribution < -0.4 is 5.73 Å². The molecule has 1 rings (SSSR count). The first-order chi connectivity index (χ1) is 5.06. The van der Waals surface area contributed by atoms with Crippen molar-refractivity contribution in [3.8, 4) is 0 Å². The van der Waals surface area contributed by atoms with Crippen LogP contribution >= 0.6 is 0 Å². The summed E-state index contributed by atoms with van der Waals surface area (Å²) in [6.45, 7) is 4.80. The topological polar surface area (TPSA) is 46.2 Å². The van der Waals surface area contributed by atoms with Gasteiger partial charge in [-0.1, -0.05) is 13.8 Å². The summed E-state index contributed by atoms with van der Waals surface area (Å²) in [6.07, 6.45) is 3.00. The maximum atomic E-state index is 9.90. The third-order valence-electron chi connectivity index (χ3n) is 2.64. The summed E-state index contributed by atoms with van der Waals surface area (Å²) in [4.78, 5) is 0. The summed E-state index contributed by atoms with van der Waals surface area (Å²) in [5, 5.41) is 9.90. The summed E-state index contributed by atoms with van der Waals surface area (Å²) in [7, 11) is 0. The van der Waals surface area contributed by atoms with E-state index in [0.717, 1.165) is 12.8 Å². The van der Waals surface area contributed by atoms with Crippen LogP contribution in [0.3, 0.4) is 0 Å². The second-order valence-corrected chi connectivity index (χ2v) is 4.28. The van der Waals surface area contributed by atoms with Gasteiger partial charge in [-0.25, -0.2) is 0 Å². The summed E-state index contributed by atoms with van der Waals surface area (Å²) in [5.41, 5.74) is 4.95. The molecule has 2 atom stereocenters. The molecular weight excluding hydrogens is 138 g/mol. The van der Waals surface area contributed by atoms with Gasteiger partial charge < -0.3 is 10.8 Å². The van der Waals surface area contributed by atoms with Crippen LogP contribution in [-0.2, 0) is 0 Å². The Hall–Kier alpha value is -0.0800. The highest BCUT2D eigenvalue weighted by molar-refractivity contribution is 4.88. The highest BCUT2D eigenvalue weighted by Gasteiger charge is 2.34. The molecule has 0 spiro atoms. The zero-order chi connectivity index (χ0) is 8.48. The van der Waals surface area contributed by atoms with Crippen LogP contribution in [0.4, 0.5) is 0 Å². The lowest BCUT2D eigenvalue weighted by Crippen LogP contribution is -2.44. The predicted molar refractivity (Wildman–Crippen MR) is 46.2 cm³/mol. The standard InChI is InChI=1S/C9H19NO/c1-7-3-8(2)5-9(11,4-7)6-10/h7-8,11H,3-6,10H2,1-2H3. The van der Waals surface area contributed by atoms with E-state index < -0.39 is 5.60 Å². The van der Waals surface area contributed by atoms with Crippen molar-refractivity contribution in [1.29, 1.82) is 0 Å². The highest BCUT2D eigenvalue weighted by Crippen LogP contribution is 2.34. The molecule has 0 aromatic rings. The summed E-state index contributed by atoms with van der Waals surface area (Å²) in [5.74, 6) is 1.26. The fourth-order valence-electron chi connectivity index (χ4n) is 2.40. The minimum absolute atomic E-state index is 0.418. The molecule has 1 aliphatic rings. The van der Waals surface area contributed by atoms with E-state index >= 15 is 0 Å². The van der Waals surface area contributed by atoms with Crippen molar-refractivity contribution in [2.75, 3.05) is 6.54 Å². The summed E-state index contributed by atoms with van der Waals surface area (Å²) >= 11 is 0. The number of aliphatic hydroxyl groups is 1. The van der Waals surface area contributed by atoms with Gasteiger partial charge in [0.25, 0.3) is 0 Å².